The molecule has 1 aromatic carbocycles. The van der Waals surface area contributed by atoms with E-state index in [9.17, 15) is 4.79 Å². The molecule has 1 saturated heterocycles. The average Bonchev–Trinajstić information content (AvgIpc) is 2.31. The summed E-state index contributed by atoms with van der Waals surface area (Å²) in [5, 5.41) is 0. The Morgan fingerprint density at radius 1 is 1.06 bits per heavy atom. The lowest BCUT2D eigenvalue weighted by atomic mass is 10.1. The van der Waals surface area contributed by atoms with E-state index >= 15 is 0 Å². The third-order valence-corrected chi connectivity index (χ3v) is 2.91. The second-order valence-electron chi connectivity index (χ2n) is 4.13. The van der Waals surface area contributed by atoms with Gasteiger partial charge in [-0.25, -0.2) is 0 Å². The van der Waals surface area contributed by atoms with Crippen molar-refractivity contribution in [3.05, 3.63) is 35.9 Å². The molecule has 1 heterocycles. The van der Waals surface area contributed by atoms with E-state index in [0.717, 1.165) is 18.7 Å². The van der Waals surface area contributed by atoms with Gasteiger partial charge in [0.15, 0.2) is 5.78 Å². The van der Waals surface area contributed by atoms with Gasteiger partial charge >= 0.3 is 0 Å². The minimum absolute atomic E-state index is 0. The molecule has 0 N–H and O–H groups in total. The molecule has 16 heavy (non-hydrogen) atoms. The van der Waals surface area contributed by atoms with Crippen LogP contribution in [0.25, 0.3) is 0 Å². The number of nitrogens with zero attached hydrogens (tertiary/aromatic N) is 1. The van der Waals surface area contributed by atoms with Crippen molar-refractivity contribution in [2.24, 2.45) is 0 Å². The molecule has 0 aliphatic carbocycles. The third-order valence-electron chi connectivity index (χ3n) is 2.91. The van der Waals surface area contributed by atoms with Crippen LogP contribution < -0.4 is 0 Å². The molecule has 0 spiro atoms. The molecule has 3 heteroatoms. The zero-order chi connectivity index (χ0) is 10.5. The Bertz CT molecular complexity index is 320. The van der Waals surface area contributed by atoms with E-state index in [1.54, 1.807) is 0 Å². The zero-order valence-electron chi connectivity index (χ0n) is 9.39. The number of piperidine rings is 1. The molecule has 0 unspecified atom stereocenters. The van der Waals surface area contributed by atoms with E-state index in [2.05, 4.69) is 4.90 Å². The van der Waals surface area contributed by atoms with Gasteiger partial charge in [0.05, 0.1) is 6.54 Å². The van der Waals surface area contributed by atoms with Crippen LogP contribution in [0.15, 0.2) is 30.3 Å². The maximum atomic E-state index is 11.9. The van der Waals surface area contributed by atoms with Crippen LogP contribution >= 0.6 is 12.4 Å². The molecule has 0 atom stereocenters. The summed E-state index contributed by atoms with van der Waals surface area (Å²) in [7, 11) is 0. The van der Waals surface area contributed by atoms with Crippen LogP contribution in [0, 0.1) is 0 Å². The fourth-order valence-electron chi connectivity index (χ4n) is 2.04. The zero-order valence-corrected chi connectivity index (χ0v) is 10.2. The highest BCUT2D eigenvalue weighted by atomic mass is 35.5. The van der Waals surface area contributed by atoms with Gasteiger partial charge in [0.1, 0.15) is 0 Å². The largest absolute Gasteiger partial charge is 0.296 e. The van der Waals surface area contributed by atoms with E-state index in [4.69, 9.17) is 0 Å². The molecular weight excluding hydrogens is 222 g/mol. The number of carbonyl (C=O) groups is 1. The van der Waals surface area contributed by atoms with E-state index in [1.165, 1.54) is 19.3 Å². The van der Waals surface area contributed by atoms with Crippen LogP contribution in [0.1, 0.15) is 29.6 Å². The number of likely N-dealkylation sites (tertiary alicyclic amines) is 1. The normalized spacial score (nSPS) is 16.5. The second kappa shape index (κ2) is 6.66. The number of benzene rings is 1. The molecule has 1 aliphatic rings. The van der Waals surface area contributed by atoms with Gasteiger partial charge in [0.25, 0.3) is 0 Å². The van der Waals surface area contributed by atoms with E-state index in [-0.39, 0.29) is 18.2 Å². The quantitative estimate of drug-likeness (QED) is 0.756. The highest BCUT2D eigenvalue weighted by Gasteiger charge is 2.14. The number of rotatable bonds is 3. The summed E-state index contributed by atoms with van der Waals surface area (Å²) in [6.45, 7) is 2.75. The van der Waals surface area contributed by atoms with Gasteiger partial charge in [-0.3, -0.25) is 9.69 Å². The number of ketones is 1. The molecule has 1 aromatic rings. The van der Waals surface area contributed by atoms with Gasteiger partial charge in [-0.1, -0.05) is 36.8 Å². The first kappa shape index (κ1) is 13.2. The lowest BCUT2D eigenvalue weighted by Gasteiger charge is -2.25. The summed E-state index contributed by atoms with van der Waals surface area (Å²) in [5.41, 5.74) is 0.836. The van der Waals surface area contributed by atoms with E-state index < -0.39 is 0 Å². The van der Waals surface area contributed by atoms with E-state index in [1.807, 2.05) is 30.3 Å². The molecule has 0 bridgehead atoms. The standard InChI is InChI=1S/C13H17NO.ClH/c15-13(12-7-3-1-4-8-12)11-14-9-5-2-6-10-14;/h1,3-4,7-8H,2,5-6,9-11H2;1H. The summed E-state index contributed by atoms with van der Waals surface area (Å²) >= 11 is 0. The number of Topliss-reactive ketones (excluding diaryl/α,β-unsaturated/α-hetero) is 1. The second-order valence-corrected chi connectivity index (χ2v) is 4.13. The van der Waals surface area contributed by atoms with Gasteiger partial charge in [0.2, 0.25) is 0 Å². The molecule has 0 aromatic heterocycles. The first-order chi connectivity index (χ1) is 7.36. The summed E-state index contributed by atoms with van der Waals surface area (Å²) in [6, 6.07) is 9.57. The molecule has 88 valence electrons. The topological polar surface area (TPSA) is 20.3 Å². The SMILES string of the molecule is Cl.O=C(CN1CCCCC1)c1ccccc1. The Morgan fingerprint density at radius 2 is 1.69 bits per heavy atom. The van der Waals surface area contributed by atoms with Gasteiger partial charge < -0.3 is 0 Å². The summed E-state index contributed by atoms with van der Waals surface area (Å²) < 4.78 is 0. The van der Waals surface area contributed by atoms with Crippen LogP contribution in [-0.4, -0.2) is 30.3 Å². The van der Waals surface area contributed by atoms with Crippen molar-refractivity contribution in [3.63, 3.8) is 0 Å². The Hall–Kier alpha value is -0.860. The van der Waals surface area contributed by atoms with Crippen LogP contribution in [-0.2, 0) is 0 Å². The minimum atomic E-state index is 0. The van der Waals surface area contributed by atoms with Gasteiger partial charge in [-0.2, -0.15) is 0 Å². The van der Waals surface area contributed by atoms with E-state index in [0.29, 0.717) is 6.54 Å². The number of hydrogen-bond donors (Lipinski definition) is 0. The maximum absolute atomic E-state index is 11.9. The molecule has 0 radical (unpaired) electrons. The number of hydrogen-bond acceptors (Lipinski definition) is 2. The van der Waals surface area contributed by atoms with Crippen molar-refractivity contribution in [1.29, 1.82) is 0 Å². The fourth-order valence-corrected chi connectivity index (χ4v) is 2.04. The lowest BCUT2D eigenvalue weighted by Crippen LogP contribution is -2.34. The fraction of sp³-hybridized carbons (Fsp3) is 0.462. The summed E-state index contributed by atoms with van der Waals surface area (Å²) in [4.78, 5) is 14.1. The monoisotopic (exact) mass is 239 g/mol. The van der Waals surface area contributed by atoms with Gasteiger partial charge in [-0.05, 0) is 25.9 Å². The summed E-state index contributed by atoms with van der Waals surface area (Å²) in [5.74, 6) is 0.248. The Morgan fingerprint density at radius 3 is 2.31 bits per heavy atom. The Balaban J connectivity index is 0.00000128. The number of carbonyl (C=O) groups excluding carboxylic acids is 1. The van der Waals surface area contributed by atoms with Crippen molar-refractivity contribution in [3.8, 4) is 0 Å². The third kappa shape index (κ3) is 3.62. The van der Waals surface area contributed by atoms with Gasteiger partial charge in [0, 0.05) is 5.56 Å². The van der Waals surface area contributed by atoms with Crippen molar-refractivity contribution in [2.45, 2.75) is 19.3 Å². The van der Waals surface area contributed by atoms with Crippen LogP contribution in [0.4, 0.5) is 0 Å². The molecule has 2 nitrogen and oxygen atoms in total. The molecule has 0 saturated carbocycles. The van der Waals surface area contributed by atoms with Crippen LogP contribution in [0.2, 0.25) is 0 Å². The summed E-state index contributed by atoms with van der Waals surface area (Å²) in [6.07, 6.45) is 3.79. The predicted octanol–water partition coefficient (Wildman–Crippen LogP) is 2.78. The van der Waals surface area contributed by atoms with Gasteiger partial charge in [-0.15, -0.1) is 12.4 Å². The van der Waals surface area contributed by atoms with Crippen LogP contribution in [0.3, 0.4) is 0 Å². The molecule has 1 aliphatic heterocycles. The molecule has 0 amide bonds. The molecule has 1 fully saturated rings. The highest BCUT2D eigenvalue weighted by Crippen LogP contribution is 2.09. The van der Waals surface area contributed by atoms with Crippen molar-refractivity contribution < 1.29 is 4.79 Å². The smallest absolute Gasteiger partial charge is 0.176 e. The van der Waals surface area contributed by atoms with Crippen LogP contribution in [0.5, 0.6) is 0 Å². The predicted molar refractivity (Wildman–Crippen MR) is 68.3 cm³/mol. The Labute approximate surface area is 103 Å². The highest BCUT2D eigenvalue weighted by molar-refractivity contribution is 5.97. The van der Waals surface area contributed by atoms with Crippen molar-refractivity contribution in [2.75, 3.05) is 19.6 Å². The molecular formula is C13H18ClNO. The van der Waals surface area contributed by atoms with Crippen molar-refractivity contribution in [1.82, 2.24) is 4.90 Å². The first-order valence-corrected chi connectivity index (χ1v) is 5.67. The Kier molecular flexibility index (Phi) is 5.50. The maximum Gasteiger partial charge on any atom is 0.176 e. The van der Waals surface area contributed by atoms with Crippen molar-refractivity contribution >= 4 is 18.2 Å². The molecule has 2 rings (SSSR count). The first-order valence-electron chi connectivity index (χ1n) is 5.67. The minimum Gasteiger partial charge on any atom is -0.296 e. The average molecular weight is 240 g/mol. The number of halogens is 1. The lowest BCUT2D eigenvalue weighted by molar-refractivity contribution is 0.0915.